The number of carbonyl (C=O) groups excluding carboxylic acids is 1. The molecule has 132 valence electrons. The van der Waals surface area contributed by atoms with Crippen molar-refractivity contribution in [1.82, 2.24) is 20.1 Å². The molecule has 4 rings (SSSR count). The normalized spacial score (nSPS) is 23.2. The third kappa shape index (κ3) is 3.41. The smallest absolute Gasteiger partial charge is 0.227 e. The van der Waals surface area contributed by atoms with Crippen LogP contribution in [0.25, 0.3) is 0 Å². The van der Waals surface area contributed by atoms with E-state index in [1.807, 2.05) is 0 Å². The molecule has 2 aromatic rings. The van der Waals surface area contributed by atoms with Gasteiger partial charge in [-0.05, 0) is 30.5 Å². The molecule has 5 nitrogen and oxygen atoms in total. The third-order valence-corrected chi connectivity index (χ3v) is 5.05. The molecule has 7 heteroatoms. The number of rotatable bonds is 5. The summed E-state index contributed by atoms with van der Waals surface area (Å²) in [6, 6.07) is 6.01. The van der Waals surface area contributed by atoms with Crippen LogP contribution in [0.5, 0.6) is 0 Å². The molecule has 1 saturated carbocycles. The van der Waals surface area contributed by atoms with Crippen LogP contribution >= 0.6 is 0 Å². The van der Waals surface area contributed by atoms with E-state index in [1.165, 1.54) is 12.1 Å². The maximum atomic E-state index is 13.5. The van der Waals surface area contributed by atoms with Crippen LogP contribution in [0.4, 0.5) is 8.78 Å². The summed E-state index contributed by atoms with van der Waals surface area (Å²) in [7, 11) is 0. The van der Waals surface area contributed by atoms with Crippen molar-refractivity contribution in [3.8, 4) is 0 Å². The van der Waals surface area contributed by atoms with Gasteiger partial charge in [0.2, 0.25) is 5.91 Å². The molecule has 1 amide bonds. The number of amides is 1. The Morgan fingerprint density at radius 2 is 2.16 bits per heavy atom. The Morgan fingerprint density at radius 3 is 2.88 bits per heavy atom. The highest BCUT2D eigenvalue weighted by Gasteiger charge is 2.39. The fourth-order valence-corrected chi connectivity index (χ4v) is 3.45. The Bertz CT molecular complexity index is 774. The van der Waals surface area contributed by atoms with Gasteiger partial charge in [-0.2, -0.15) is 5.10 Å². The number of halogens is 2. The second-order valence-corrected chi connectivity index (χ2v) is 6.98. The van der Waals surface area contributed by atoms with Crippen molar-refractivity contribution in [3.63, 3.8) is 0 Å². The number of benzene rings is 1. The molecular weight excluding hydrogens is 326 g/mol. The lowest BCUT2D eigenvalue weighted by atomic mass is 9.97. The minimum Gasteiger partial charge on any atom is -0.341 e. The van der Waals surface area contributed by atoms with Crippen molar-refractivity contribution in [2.45, 2.75) is 31.1 Å². The van der Waals surface area contributed by atoms with Crippen LogP contribution in [-0.2, 0) is 11.2 Å². The predicted molar refractivity (Wildman–Crippen MR) is 87.2 cm³/mol. The highest BCUT2D eigenvalue weighted by Crippen LogP contribution is 2.39. The van der Waals surface area contributed by atoms with E-state index in [2.05, 4.69) is 15.2 Å². The van der Waals surface area contributed by atoms with Crippen LogP contribution < -0.4 is 0 Å². The molecule has 0 bridgehead atoms. The summed E-state index contributed by atoms with van der Waals surface area (Å²) in [5.41, 5.74) is 0.626. The maximum Gasteiger partial charge on any atom is 0.227 e. The lowest BCUT2D eigenvalue weighted by molar-refractivity contribution is -0.129. The van der Waals surface area contributed by atoms with Gasteiger partial charge < -0.3 is 4.90 Å². The zero-order chi connectivity index (χ0) is 17.4. The van der Waals surface area contributed by atoms with Crippen molar-refractivity contribution in [2.75, 3.05) is 19.8 Å². The summed E-state index contributed by atoms with van der Waals surface area (Å²) < 4.78 is 26.8. The Balaban J connectivity index is 1.45. The van der Waals surface area contributed by atoms with E-state index in [1.54, 1.807) is 17.0 Å². The number of nitrogens with zero attached hydrogens (tertiary/aromatic N) is 3. The quantitative estimate of drug-likeness (QED) is 0.905. The maximum absolute atomic E-state index is 13.5. The summed E-state index contributed by atoms with van der Waals surface area (Å²) in [5.74, 6) is 0.982. The van der Waals surface area contributed by atoms with Gasteiger partial charge in [0, 0.05) is 30.8 Å². The van der Waals surface area contributed by atoms with Crippen LogP contribution in [0.2, 0.25) is 0 Å². The third-order valence-electron chi connectivity index (χ3n) is 5.05. The number of hydrogen-bond donors (Lipinski definition) is 1. The molecule has 0 radical (unpaired) electrons. The van der Waals surface area contributed by atoms with Crippen LogP contribution in [0.3, 0.4) is 0 Å². The highest BCUT2D eigenvalue weighted by molar-refractivity contribution is 5.79. The molecule has 2 atom stereocenters. The fraction of sp³-hybridized carbons (Fsp3) is 0.500. The van der Waals surface area contributed by atoms with E-state index >= 15 is 0 Å². The average molecular weight is 346 g/mol. The lowest BCUT2D eigenvalue weighted by Crippen LogP contribution is -2.30. The molecule has 1 N–H and O–H groups in total. The van der Waals surface area contributed by atoms with Crippen molar-refractivity contribution < 1.29 is 13.6 Å². The number of nitrogens with one attached hydrogen (secondary N) is 1. The van der Waals surface area contributed by atoms with Crippen LogP contribution in [-0.4, -0.2) is 45.8 Å². The van der Waals surface area contributed by atoms with Gasteiger partial charge in [0.1, 0.15) is 11.6 Å². The van der Waals surface area contributed by atoms with Crippen molar-refractivity contribution in [2.24, 2.45) is 5.92 Å². The first-order valence-electron chi connectivity index (χ1n) is 8.64. The molecule has 0 spiro atoms. The standard InChI is InChI=1S/C18H20F2N4O/c19-8-13-9-24(16(25)7-11-2-1-3-14(20)6-11)10-15(13)18-21-17(22-23-18)12-4-5-12/h1-3,6,12-13,15H,4-5,7-10H2,(H,21,22,23)/t13-,15-/m1/s1. The van der Waals surface area contributed by atoms with E-state index < -0.39 is 6.67 Å². The minimum atomic E-state index is -0.506. The van der Waals surface area contributed by atoms with E-state index in [9.17, 15) is 13.6 Å². The average Bonchev–Trinajstić information content (AvgIpc) is 3.17. The molecule has 0 unspecified atom stereocenters. The molecule has 2 fully saturated rings. The second kappa shape index (κ2) is 6.54. The Morgan fingerprint density at radius 1 is 1.32 bits per heavy atom. The Labute approximate surface area is 144 Å². The van der Waals surface area contributed by atoms with E-state index in [0.29, 0.717) is 30.4 Å². The molecule has 2 aliphatic rings. The number of hydrogen-bond acceptors (Lipinski definition) is 3. The number of carbonyl (C=O) groups is 1. The number of alkyl halides is 1. The molecule has 1 aliphatic heterocycles. The first kappa shape index (κ1) is 16.2. The summed E-state index contributed by atoms with van der Waals surface area (Å²) in [4.78, 5) is 18.7. The predicted octanol–water partition coefficient (Wildman–Crippen LogP) is 2.58. The number of likely N-dealkylation sites (tertiary alicyclic amines) is 1. The van der Waals surface area contributed by atoms with Gasteiger partial charge in [0.05, 0.1) is 13.1 Å². The van der Waals surface area contributed by atoms with Crippen LogP contribution in [0, 0.1) is 11.7 Å². The van der Waals surface area contributed by atoms with Crippen molar-refractivity contribution >= 4 is 5.91 Å². The topological polar surface area (TPSA) is 61.9 Å². The number of aromatic amines is 1. The van der Waals surface area contributed by atoms with Gasteiger partial charge in [0.25, 0.3) is 0 Å². The summed E-state index contributed by atoms with van der Waals surface area (Å²) >= 11 is 0. The molecular formula is C18H20F2N4O. The largest absolute Gasteiger partial charge is 0.341 e. The van der Waals surface area contributed by atoms with E-state index in [-0.39, 0.29) is 30.0 Å². The van der Waals surface area contributed by atoms with E-state index in [4.69, 9.17) is 0 Å². The number of aromatic nitrogens is 3. The Kier molecular flexibility index (Phi) is 4.23. The van der Waals surface area contributed by atoms with Gasteiger partial charge in [0.15, 0.2) is 5.82 Å². The van der Waals surface area contributed by atoms with Gasteiger partial charge in [-0.3, -0.25) is 14.3 Å². The highest BCUT2D eigenvalue weighted by atomic mass is 19.1. The van der Waals surface area contributed by atoms with E-state index in [0.717, 1.165) is 18.7 Å². The number of H-pyrrole nitrogens is 1. The fourth-order valence-electron chi connectivity index (χ4n) is 3.45. The lowest BCUT2D eigenvalue weighted by Gasteiger charge is -2.16. The van der Waals surface area contributed by atoms with Crippen molar-refractivity contribution in [3.05, 3.63) is 47.3 Å². The molecule has 2 heterocycles. The monoisotopic (exact) mass is 346 g/mol. The van der Waals surface area contributed by atoms with Gasteiger partial charge in [-0.15, -0.1) is 0 Å². The molecule has 1 aliphatic carbocycles. The first-order valence-corrected chi connectivity index (χ1v) is 8.64. The minimum absolute atomic E-state index is 0.117. The van der Waals surface area contributed by atoms with Gasteiger partial charge >= 0.3 is 0 Å². The zero-order valence-electron chi connectivity index (χ0n) is 13.8. The molecule has 1 saturated heterocycles. The SMILES string of the molecule is O=C(Cc1cccc(F)c1)N1C[C@@H](CF)[C@H](c2nc(C3CC3)n[nH]2)C1. The van der Waals surface area contributed by atoms with Crippen LogP contribution in [0.15, 0.2) is 24.3 Å². The van der Waals surface area contributed by atoms with Crippen molar-refractivity contribution in [1.29, 1.82) is 0 Å². The first-order chi connectivity index (χ1) is 12.1. The summed E-state index contributed by atoms with van der Waals surface area (Å²) in [6.07, 6.45) is 2.33. The second-order valence-electron chi connectivity index (χ2n) is 6.98. The van der Waals surface area contributed by atoms with Crippen LogP contribution in [0.1, 0.15) is 41.9 Å². The summed E-state index contributed by atoms with van der Waals surface area (Å²) in [6.45, 7) is 0.269. The van der Waals surface area contributed by atoms with Gasteiger partial charge in [-0.1, -0.05) is 12.1 Å². The Hall–Kier alpha value is -2.31. The van der Waals surface area contributed by atoms with Gasteiger partial charge in [-0.25, -0.2) is 9.37 Å². The molecule has 1 aromatic carbocycles. The summed E-state index contributed by atoms with van der Waals surface area (Å²) in [5, 5.41) is 7.17. The zero-order valence-corrected chi connectivity index (χ0v) is 13.8. The molecule has 25 heavy (non-hydrogen) atoms. The molecule has 1 aromatic heterocycles.